The second-order valence-electron chi connectivity index (χ2n) is 4.73. The number of unbranched alkanes of at least 4 members (excludes halogenated alkanes) is 1. The zero-order valence-electron chi connectivity index (χ0n) is 12.0. The van der Waals surface area contributed by atoms with Crippen molar-refractivity contribution < 1.29 is 19.6 Å². The number of hydrogen-bond acceptors (Lipinski definition) is 4. The van der Waals surface area contributed by atoms with Crippen molar-refractivity contribution in [1.29, 1.82) is 0 Å². The molecule has 0 radical (unpaired) electrons. The lowest BCUT2D eigenvalue weighted by molar-refractivity contribution is -0.385. The molecule has 0 aromatic heterocycles. The van der Waals surface area contributed by atoms with E-state index in [4.69, 9.17) is 5.11 Å². The molecule has 1 aromatic rings. The summed E-state index contributed by atoms with van der Waals surface area (Å²) in [6, 6.07) is 3.33. The fourth-order valence-corrected chi connectivity index (χ4v) is 1.99. The van der Waals surface area contributed by atoms with Gasteiger partial charge in [-0.15, -0.1) is 0 Å². The van der Waals surface area contributed by atoms with Gasteiger partial charge >= 0.3 is 5.97 Å². The standard InChI is InChI=1S/C14H18N2O5/c1-3-4-8-11(14(18)19)15-13(17)10-7-5-6-9(2)12(10)16(20)21/h5-7,11H,3-4,8H2,1-2H3,(H,15,17)(H,18,19). The Labute approximate surface area is 122 Å². The molecule has 1 unspecified atom stereocenters. The number of benzene rings is 1. The highest BCUT2D eigenvalue weighted by molar-refractivity contribution is 6.00. The molecular formula is C14H18N2O5. The number of nitro benzene ring substituents is 1. The monoisotopic (exact) mass is 294 g/mol. The highest BCUT2D eigenvalue weighted by Crippen LogP contribution is 2.23. The van der Waals surface area contributed by atoms with Gasteiger partial charge in [-0.1, -0.05) is 31.9 Å². The smallest absolute Gasteiger partial charge is 0.326 e. The summed E-state index contributed by atoms with van der Waals surface area (Å²) in [7, 11) is 0. The number of nitrogens with zero attached hydrogens (tertiary/aromatic N) is 1. The maximum Gasteiger partial charge on any atom is 0.326 e. The average Bonchev–Trinajstić information content (AvgIpc) is 2.42. The predicted molar refractivity (Wildman–Crippen MR) is 76.2 cm³/mol. The number of carboxylic acid groups (broad SMARTS) is 1. The predicted octanol–water partition coefficient (Wildman–Crippen LogP) is 2.28. The number of aliphatic carboxylic acids is 1. The molecule has 0 fully saturated rings. The summed E-state index contributed by atoms with van der Waals surface area (Å²) in [5.74, 6) is -1.89. The van der Waals surface area contributed by atoms with Crippen LogP contribution in [-0.2, 0) is 4.79 Å². The van der Waals surface area contributed by atoms with Crippen LogP contribution in [0.4, 0.5) is 5.69 Å². The molecule has 0 spiro atoms. The van der Waals surface area contributed by atoms with Gasteiger partial charge in [0.05, 0.1) is 4.92 Å². The molecule has 114 valence electrons. The fraction of sp³-hybridized carbons (Fsp3) is 0.429. The highest BCUT2D eigenvalue weighted by Gasteiger charge is 2.26. The summed E-state index contributed by atoms with van der Waals surface area (Å²) in [5.41, 5.74) is -0.0644. The van der Waals surface area contributed by atoms with Crippen molar-refractivity contribution in [3.8, 4) is 0 Å². The molecule has 7 nitrogen and oxygen atoms in total. The highest BCUT2D eigenvalue weighted by atomic mass is 16.6. The van der Waals surface area contributed by atoms with Crippen LogP contribution >= 0.6 is 0 Å². The minimum Gasteiger partial charge on any atom is -0.480 e. The first kappa shape index (κ1) is 16.6. The number of carbonyl (C=O) groups is 2. The maximum atomic E-state index is 12.1. The number of nitro groups is 1. The Bertz CT molecular complexity index is 556. The Hall–Kier alpha value is -2.44. The van der Waals surface area contributed by atoms with Crippen molar-refractivity contribution in [2.75, 3.05) is 0 Å². The lowest BCUT2D eigenvalue weighted by atomic mass is 10.1. The van der Waals surface area contributed by atoms with E-state index in [0.717, 1.165) is 6.42 Å². The van der Waals surface area contributed by atoms with Crippen LogP contribution in [0.25, 0.3) is 0 Å². The maximum absolute atomic E-state index is 12.1. The molecule has 0 bridgehead atoms. The number of amides is 1. The quantitative estimate of drug-likeness (QED) is 0.592. The molecule has 2 N–H and O–H groups in total. The molecule has 0 aliphatic heterocycles. The summed E-state index contributed by atoms with van der Waals surface area (Å²) in [4.78, 5) is 33.6. The van der Waals surface area contributed by atoms with Crippen LogP contribution in [0.2, 0.25) is 0 Å². The molecule has 0 saturated heterocycles. The zero-order valence-corrected chi connectivity index (χ0v) is 12.0. The molecule has 1 amide bonds. The Morgan fingerprint density at radius 2 is 2.10 bits per heavy atom. The van der Waals surface area contributed by atoms with E-state index in [1.165, 1.54) is 25.1 Å². The third-order valence-electron chi connectivity index (χ3n) is 3.11. The van der Waals surface area contributed by atoms with E-state index in [1.54, 1.807) is 0 Å². The number of para-hydroxylation sites is 1. The molecule has 1 rings (SSSR count). The van der Waals surface area contributed by atoms with Gasteiger partial charge in [-0.2, -0.15) is 0 Å². The molecule has 21 heavy (non-hydrogen) atoms. The molecule has 0 aliphatic rings. The van der Waals surface area contributed by atoms with Crippen LogP contribution in [0.1, 0.15) is 42.1 Å². The van der Waals surface area contributed by atoms with Crippen LogP contribution in [0.3, 0.4) is 0 Å². The van der Waals surface area contributed by atoms with Crippen molar-refractivity contribution in [3.63, 3.8) is 0 Å². The number of carbonyl (C=O) groups excluding carboxylic acids is 1. The third-order valence-corrected chi connectivity index (χ3v) is 3.11. The van der Waals surface area contributed by atoms with E-state index in [0.29, 0.717) is 12.0 Å². The second kappa shape index (κ2) is 7.37. The van der Waals surface area contributed by atoms with Gasteiger partial charge in [-0.3, -0.25) is 14.9 Å². The van der Waals surface area contributed by atoms with Crippen LogP contribution in [0, 0.1) is 17.0 Å². The van der Waals surface area contributed by atoms with Crippen molar-refractivity contribution >= 4 is 17.6 Å². The first-order valence-electron chi connectivity index (χ1n) is 6.66. The Morgan fingerprint density at radius 1 is 1.43 bits per heavy atom. The number of hydrogen-bond donors (Lipinski definition) is 2. The Morgan fingerprint density at radius 3 is 2.62 bits per heavy atom. The van der Waals surface area contributed by atoms with Crippen LogP contribution in [0.15, 0.2) is 18.2 Å². The van der Waals surface area contributed by atoms with Gasteiger partial charge in [0, 0.05) is 5.56 Å². The number of carboxylic acids is 1. The lowest BCUT2D eigenvalue weighted by Gasteiger charge is -2.14. The van der Waals surface area contributed by atoms with Crippen molar-refractivity contribution in [2.24, 2.45) is 0 Å². The number of rotatable bonds is 7. The summed E-state index contributed by atoms with van der Waals surface area (Å²) in [6.45, 7) is 3.44. The van der Waals surface area contributed by atoms with Gasteiger partial charge in [-0.05, 0) is 19.4 Å². The van der Waals surface area contributed by atoms with Gasteiger partial charge < -0.3 is 10.4 Å². The normalized spacial score (nSPS) is 11.7. The van der Waals surface area contributed by atoms with Crippen molar-refractivity contribution in [3.05, 3.63) is 39.4 Å². The van der Waals surface area contributed by atoms with E-state index in [1.807, 2.05) is 6.92 Å². The summed E-state index contributed by atoms with van der Waals surface area (Å²) < 4.78 is 0. The molecule has 1 aromatic carbocycles. The lowest BCUT2D eigenvalue weighted by Crippen LogP contribution is -2.41. The van der Waals surface area contributed by atoms with Crippen LogP contribution < -0.4 is 5.32 Å². The SMILES string of the molecule is CCCCC(NC(=O)c1cccc(C)c1[N+](=O)[O-])C(=O)O. The molecular weight excluding hydrogens is 276 g/mol. The number of aryl methyl sites for hydroxylation is 1. The van der Waals surface area contributed by atoms with Crippen LogP contribution in [0.5, 0.6) is 0 Å². The van der Waals surface area contributed by atoms with Gasteiger partial charge in [0.1, 0.15) is 11.6 Å². The summed E-state index contributed by atoms with van der Waals surface area (Å²) >= 11 is 0. The summed E-state index contributed by atoms with van der Waals surface area (Å²) in [6.07, 6.45) is 1.73. The first-order chi connectivity index (χ1) is 9.88. The minimum absolute atomic E-state index is 0.122. The third kappa shape index (κ3) is 4.27. The van der Waals surface area contributed by atoms with Gasteiger partial charge in [0.15, 0.2) is 0 Å². The first-order valence-corrected chi connectivity index (χ1v) is 6.66. The molecule has 7 heteroatoms. The fourth-order valence-electron chi connectivity index (χ4n) is 1.99. The van der Waals surface area contributed by atoms with E-state index in [-0.39, 0.29) is 17.7 Å². The summed E-state index contributed by atoms with van der Waals surface area (Å²) in [5, 5.41) is 22.5. The zero-order chi connectivity index (χ0) is 16.0. The molecule has 0 heterocycles. The van der Waals surface area contributed by atoms with Crippen molar-refractivity contribution in [2.45, 2.75) is 39.2 Å². The van der Waals surface area contributed by atoms with E-state index < -0.39 is 22.8 Å². The average molecular weight is 294 g/mol. The van der Waals surface area contributed by atoms with Gasteiger partial charge in [0.25, 0.3) is 11.6 Å². The van der Waals surface area contributed by atoms with Crippen molar-refractivity contribution in [1.82, 2.24) is 5.32 Å². The number of nitrogens with one attached hydrogen (secondary N) is 1. The largest absolute Gasteiger partial charge is 0.480 e. The van der Waals surface area contributed by atoms with E-state index >= 15 is 0 Å². The van der Waals surface area contributed by atoms with Gasteiger partial charge in [0.2, 0.25) is 0 Å². The molecule has 0 saturated carbocycles. The Balaban J connectivity index is 3.00. The van der Waals surface area contributed by atoms with E-state index in [9.17, 15) is 19.7 Å². The Kier molecular flexibility index (Phi) is 5.83. The topological polar surface area (TPSA) is 110 Å². The van der Waals surface area contributed by atoms with Crippen LogP contribution in [-0.4, -0.2) is 27.9 Å². The van der Waals surface area contributed by atoms with E-state index in [2.05, 4.69) is 5.32 Å². The minimum atomic E-state index is -1.15. The van der Waals surface area contributed by atoms with Gasteiger partial charge in [-0.25, -0.2) is 4.79 Å². The molecule has 0 aliphatic carbocycles. The second-order valence-corrected chi connectivity index (χ2v) is 4.73. The molecule has 1 atom stereocenters.